The van der Waals surface area contributed by atoms with E-state index < -0.39 is 5.97 Å². The molecule has 0 aromatic heterocycles. The van der Waals surface area contributed by atoms with Gasteiger partial charge in [0.2, 0.25) is 0 Å². The molecule has 166 valence electrons. The lowest BCUT2D eigenvalue weighted by Gasteiger charge is -2.39. The lowest BCUT2D eigenvalue weighted by atomic mass is 9.69. The summed E-state index contributed by atoms with van der Waals surface area (Å²) in [7, 11) is 0. The number of fused-ring (bicyclic) bond motifs is 2. The molecule has 1 aromatic carbocycles. The molecule has 1 N–H and O–H groups in total. The number of carbonyl (C=O) groups is 1. The Morgan fingerprint density at radius 1 is 1.20 bits per heavy atom. The molecular weight excluding hydrogens is 376 g/mol. The highest BCUT2D eigenvalue weighted by molar-refractivity contribution is 5.66. The quantitative estimate of drug-likeness (QED) is 0.311. The van der Waals surface area contributed by atoms with Gasteiger partial charge in [-0.3, -0.25) is 4.79 Å². The van der Waals surface area contributed by atoms with Gasteiger partial charge in [0.05, 0.1) is 19.3 Å². The van der Waals surface area contributed by atoms with Crippen molar-refractivity contribution in [1.82, 2.24) is 0 Å². The van der Waals surface area contributed by atoms with Crippen LogP contribution in [0.5, 0.6) is 0 Å². The molecule has 0 amide bonds. The van der Waals surface area contributed by atoms with Gasteiger partial charge < -0.3 is 14.6 Å². The molecule has 3 rings (SSSR count). The molecule has 2 bridgehead atoms. The average Bonchev–Trinajstić information content (AvgIpc) is 3.32. The molecule has 1 aliphatic heterocycles. The third kappa shape index (κ3) is 5.73. The molecule has 0 radical (unpaired) electrons. The minimum Gasteiger partial charge on any atom is -0.481 e. The second-order valence-corrected chi connectivity index (χ2v) is 8.97. The Bertz CT molecular complexity index is 671. The largest absolute Gasteiger partial charge is 0.481 e. The lowest BCUT2D eigenvalue weighted by molar-refractivity contribution is -0.137. The van der Waals surface area contributed by atoms with Gasteiger partial charge in [0.25, 0.3) is 0 Å². The number of ether oxygens (including phenoxy) is 2. The van der Waals surface area contributed by atoms with Gasteiger partial charge in [0, 0.05) is 24.4 Å². The predicted octanol–water partition coefficient (Wildman–Crippen LogP) is 5.76. The molecule has 0 unspecified atom stereocenters. The van der Waals surface area contributed by atoms with Crippen molar-refractivity contribution < 1.29 is 19.4 Å². The van der Waals surface area contributed by atoms with Crippen LogP contribution in [0.1, 0.15) is 70.3 Å². The molecular formula is C26H38O4. The van der Waals surface area contributed by atoms with Crippen molar-refractivity contribution in [3.05, 3.63) is 48.0 Å². The summed E-state index contributed by atoms with van der Waals surface area (Å²) in [6.07, 6.45) is 13.5. The number of hydrogen-bond acceptors (Lipinski definition) is 3. The molecule has 1 aliphatic carbocycles. The fourth-order valence-corrected chi connectivity index (χ4v) is 5.33. The first-order valence-corrected chi connectivity index (χ1v) is 11.8. The van der Waals surface area contributed by atoms with Crippen LogP contribution < -0.4 is 0 Å². The van der Waals surface area contributed by atoms with E-state index in [1.165, 1.54) is 24.8 Å². The van der Waals surface area contributed by atoms with Crippen LogP contribution in [-0.2, 0) is 19.7 Å². The number of hydrogen-bond donors (Lipinski definition) is 1. The van der Waals surface area contributed by atoms with E-state index in [-0.39, 0.29) is 17.9 Å². The van der Waals surface area contributed by atoms with Crippen LogP contribution >= 0.6 is 0 Å². The van der Waals surface area contributed by atoms with Gasteiger partial charge in [0.1, 0.15) is 0 Å². The van der Waals surface area contributed by atoms with Gasteiger partial charge in [-0.2, -0.15) is 0 Å². The first kappa shape index (κ1) is 23.0. The minimum absolute atomic E-state index is 0.0770. The number of carboxylic acids is 1. The third-order valence-electron chi connectivity index (χ3n) is 6.94. The van der Waals surface area contributed by atoms with E-state index in [2.05, 4.69) is 49.4 Å². The van der Waals surface area contributed by atoms with E-state index >= 15 is 0 Å². The van der Waals surface area contributed by atoms with Crippen molar-refractivity contribution in [3.8, 4) is 0 Å². The van der Waals surface area contributed by atoms with Crippen LogP contribution in [0.15, 0.2) is 42.5 Å². The van der Waals surface area contributed by atoms with Gasteiger partial charge in [-0.05, 0) is 43.6 Å². The molecule has 1 saturated heterocycles. The van der Waals surface area contributed by atoms with Crippen molar-refractivity contribution in [2.45, 2.75) is 76.2 Å². The summed E-state index contributed by atoms with van der Waals surface area (Å²) in [5, 5.41) is 8.81. The van der Waals surface area contributed by atoms with Crippen LogP contribution in [0.4, 0.5) is 0 Å². The maximum atomic E-state index is 10.7. The maximum Gasteiger partial charge on any atom is 0.303 e. The number of carboxylic acid groups (broad SMARTS) is 1. The minimum atomic E-state index is -0.715. The van der Waals surface area contributed by atoms with Gasteiger partial charge in [-0.25, -0.2) is 0 Å². The molecule has 4 nitrogen and oxygen atoms in total. The van der Waals surface area contributed by atoms with Crippen molar-refractivity contribution in [3.63, 3.8) is 0 Å². The second kappa shape index (κ2) is 11.7. The Morgan fingerprint density at radius 2 is 2.03 bits per heavy atom. The van der Waals surface area contributed by atoms with Gasteiger partial charge in [0.15, 0.2) is 0 Å². The molecule has 0 spiro atoms. The monoisotopic (exact) mass is 414 g/mol. The normalized spacial score (nSPS) is 27.8. The van der Waals surface area contributed by atoms with Gasteiger partial charge in [-0.1, -0.05) is 68.7 Å². The Labute approximate surface area is 181 Å². The molecule has 4 atom stereocenters. The second-order valence-electron chi connectivity index (χ2n) is 8.97. The summed E-state index contributed by atoms with van der Waals surface area (Å²) >= 11 is 0. The highest BCUT2D eigenvalue weighted by atomic mass is 16.5. The lowest BCUT2D eigenvalue weighted by Crippen LogP contribution is -2.41. The van der Waals surface area contributed by atoms with Gasteiger partial charge >= 0.3 is 5.97 Å². The summed E-state index contributed by atoms with van der Waals surface area (Å²) in [4.78, 5) is 10.7. The van der Waals surface area contributed by atoms with Crippen molar-refractivity contribution in [1.29, 1.82) is 0 Å². The van der Waals surface area contributed by atoms with E-state index in [0.717, 1.165) is 45.5 Å². The number of allylic oxidation sites excluding steroid dienone is 2. The van der Waals surface area contributed by atoms with E-state index in [0.29, 0.717) is 18.3 Å². The Morgan fingerprint density at radius 3 is 2.80 bits per heavy atom. The summed E-state index contributed by atoms with van der Waals surface area (Å²) < 4.78 is 12.4. The molecule has 1 heterocycles. The molecule has 4 heteroatoms. The summed E-state index contributed by atoms with van der Waals surface area (Å²) in [6, 6.07) is 10.9. The highest BCUT2D eigenvalue weighted by Crippen LogP contribution is 2.56. The molecule has 2 fully saturated rings. The molecule has 1 aromatic rings. The van der Waals surface area contributed by atoms with Crippen molar-refractivity contribution >= 4 is 5.97 Å². The van der Waals surface area contributed by atoms with E-state index in [1.807, 2.05) is 0 Å². The zero-order valence-electron chi connectivity index (χ0n) is 18.4. The number of rotatable bonds is 14. The summed E-state index contributed by atoms with van der Waals surface area (Å²) in [5.41, 5.74) is 1.47. The average molecular weight is 415 g/mol. The van der Waals surface area contributed by atoms with Crippen molar-refractivity contribution in [2.75, 3.05) is 19.8 Å². The van der Waals surface area contributed by atoms with Gasteiger partial charge in [-0.15, -0.1) is 0 Å². The fourth-order valence-electron chi connectivity index (χ4n) is 5.33. The Balaban J connectivity index is 1.62. The smallest absolute Gasteiger partial charge is 0.303 e. The van der Waals surface area contributed by atoms with Crippen LogP contribution in [0.2, 0.25) is 0 Å². The van der Waals surface area contributed by atoms with E-state index in [4.69, 9.17) is 14.6 Å². The standard InChI is InChI=1S/C26H38O4/c1-2-3-4-12-17-29-19-22-23(15-10-5-6-11-16-25(27)28)26(18-24(22)30-20-26)21-13-8-7-9-14-21/h5,7-10,13-14,22-24H,2-4,6,11-12,15-20H2,1H3,(H,27,28)/b10-5-/t22-,23-,24-,26-/m1/s1. The van der Waals surface area contributed by atoms with Crippen LogP contribution in [0.25, 0.3) is 0 Å². The van der Waals surface area contributed by atoms with Crippen LogP contribution in [-0.4, -0.2) is 37.0 Å². The van der Waals surface area contributed by atoms with Crippen molar-refractivity contribution in [2.24, 2.45) is 11.8 Å². The van der Waals surface area contributed by atoms with E-state index in [1.54, 1.807) is 0 Å². The summed E-state index contributed by atoms with van der Waals surface area (Å²) in [6.45, 7) is 4.66. The van der Waals surface area contributed by atoms with E-state index in [9.17, 15) is 4.79 Å². The maximum absolute atomic E-state index is 10.7. The molecule has 1 saturated carbocycles. The number of aliphatic carboxylic acids is 1. The SMILES string of the molecule is CCCCCCOC[C@@H]1[C@@H](C/C=C\CCCC(=O)O)[C@@]2(c3ccccc3)CO[C@@H]1C2. The molecule has 2 aliphatic rings. The Kier molecular flexibility index (Phi) is 8.95. The molecule has 30 heavy (non-hydrogen) atoms. The Hall–Kier alpha value is -1.65. The topological polar surface area (TPSA) is 55.8 Å². The third-order valence-corrected chi connectivity index (χ3v) is 6.94. The predicted molar refractivity (Wildman–Crippen MR) is 120 cm³/mol. The fraction of sp³-hybridized carbons (Fsp3) is 0.654. The summed E-state index contributed by atoms with van der Waals surface area (Å²) in [5.74, 6) is 0.214. The highest BCUT2D eigenvalue weighted by Gasteiger charge is 2.58. The first-order chi connectivity index (χ1) is 14.7. The number of unbranched alkanes of at least 4 members (excludes halogenated alkanes) is 4. The van der Waals surface area contributed by atoms with Crippen LogP contribution in [0, 0.1) is 11.8 Å². The van der Waals surface area contributed by atoms with Crippen LogP contribution in [0.3, 0.4) is 0 Å². The number of benzene rings is 1. The zero-order chi connectivity index (χ0) is 21.2. The zero-order valence-corrected chi connectivity index (χ0v) is 18.4. The first-order valence-electron chi connectivity index (χ1n) is 11.8.